The Morgan fingerprint density at radius 2 is 1.89 bits per heavy atom. The van der Waals surface area contributed by atoms with Crippen LogP contribution in [0.15, 0.2) is 23.1 Å². The van der Waals surface area contributed by atoms with Gasteiger partial charge in [-0.1, -0.05) is 30.5 Å². The Hall–Kier alpha value is -0.870. The van der Waals surface area contributed by atoms with Crippen LogP contribution in [0.1, 0.15) is 36.8 Å². The standard InChI is InChI=1S/C15H23NO2S/c1-11-7-8-15(12(2)9-11)19(17,18)10-14(16)13-5-3-4-6-13/h7-9,13-14H,3-6,10,16H2,1-2H3. The smallest absolute Gasteiger partial charge is 0.180 e. The summed E-state index contributed by atoms with van der Waals surface area (Å²) in [6.07, 6.45) is 4.51. The Labute approximate surface area is 116 Å². The first-order valence-electron chi connectivity index (χ1n) is 6.96. The van der Waals surface area contributed by atoms with Crippen molar-refractivity contribution in [2.75, 3.05) is 5.75 Å². The van der Waals surface area contributed by atoms with Crippen LogP contribution in [0.5, 0.6) is 0 Å². The van der Waals surface area contributed by atoms with Crippen LogP contribution in [0.2, 0.25) is 0 Å². The molecule has 0 saturated heterocycles. The van der Waals surface area contributed by atoms with E-state index in [0.717, 1.165) is 24.0 Å². The van der Waals surface area contributed by atoms with E-state index in [4.69, 9.17) is 5.73 Å². The highest BCUT2D eigenvalue weighted by Gasteiger charge is 2.28. The Balaban J connectivity index is 2.17. The van der Waals surface area contributed by atoms with Crippen LogP contribution in [-0.2, 0) is 9.84 Å². The van der Waals surface area contributed by atoms with Gasteiger partial charge in [0, 0.05) is 6.04 Å². The summed E-state index contributed by atoms with van der Waals surface area (Å²) in [6, 6.07) is 5.24. The van der Waals surface area contributed by atoms with Crippen molar-refractivity contribution < 1.29 is 8.42 Å². The number of sulfone groups is 1. The van der Waals surface area contributed by atoms with Crippen LogP contribution >= 0.6 is 0 Å². The zero-order valence-electron chi connectivity index (χ0n) is 11.7. The van der Waals surface area contributed by atoms with E-state index in [1.807, 2.05) is 26.0 Å². The monoisotopic (exact) mass is 281 g/mol. The summed E-state index contributed by atoms with van der Waals surface area (Å²) in [4.78, 5) is 0.437. The largest absolute Gasteiger partial charge is 0.327 e. The second-order valence-electron chi connectivity index (χ2n) is 5.76. The topological polar surface area (TPSA) is 60.2 Å². The molecule has 1 atom stereocenters. The third kappa shape index (κ3) is 3.37. The minimum absolute atomic E-state index is 0.0710. The van der Waals surface area contributed by atoms with E-state index in [1.165, 1.54) is 12.8 Å². The maximum Gasteiger partial charge on any atom is 0.180 e. The van der Waals surface area contributed by atoms with Crippen LogP contribution in [0, 0.1) is 19.8 Å². The lowest BCUT2D eigenvalue weighted by atomic mass is 10.0. The van der Waals surface area contributed by atoms with Crippen molar-refractivity contribution >= 4 is 9.84 Å². The first-order valence-corrected chi connectivity index (χ1v) is 8.61. The molecule has 1 aliphatic carbocycles. The molecule has 4 heteroatoms. The Bertz CT molecular complexity index is 545. The van der Waals surface area contributed by atoms with Crippen molar-refractivity contribution in [3.8, 4) is 0 Å². The summed E-state index contributed by atoms with van der Waals surface area (Å²) in [5.74, 6) is 0.446. The Kier molecular flexibility index (Phi) is 4.31. The van der Waals surface area contributed by atoms with E-state index in [9.17, 15) is 8.42 Å². The van der Waals surface area contributed by atoms with Gasteiger partial charge in [-0.3, -0.25) is 0 Å². The van der Waals surface area contributed by atoms with E-state index >= 15 is 0 Å². The highest BCUT2D eigenvalue weighted by Crippen LogP contribution is 2.28. The summed E-state index contributed by atoms with van der Waals surface area (Å²) in [5.41, 5.74) is 8.00. The molecular formula is C15H23NO2S. The van der Waals surface area contributed by atoms with Crippen molar-refractivity contribution in [2.45, 2.75) is 50.5 Å². The fourth-order valence-electron chi connectivity index (χ4n) is 3.01. The van der Waals surface area contributed by atoms with Gasteiger partial charge in [0.15, 0.2) is 9.84 Å². The van der Waals surface area contributed by atoms with Gasteiger partial charge in [-0.05, 0) is 44.2 Å². The fraction of sp³-hybridized carbons (Fsp3) is 0.600. The molecule has 1 saturated carbocycles. The summed E-state index contributed by atoms with van der Waals surface area (Å²) in [7, 11) is -3.27. The number of hydrogen-bond donors (Lipinski definition) is 1. The molecule has 19 heavy (non-hydrogen) atoms. The molecular weight excluding hydrogens is 258 g/mol. The van der Waals surface area contributed by atoms with Gasteiger partial charge < -0.3 is 5.73 Å². The molecule has 1 aromatic carbocycles. The molecule has 0 aromatic heterocycles. The summed E-state index contributed by atoms with van der Waals surface area (Å²) in [6.45, 7) is 3.81. The van der Waals surface area contributed by atoms with E-state index in [0.29, 0.717) is 10.8 Å². The molecule has 0 aliphatic heterocycles. The zero-order valence-corrected chi connectivity index (χ0v) is 12.5. The minimum Gasteiger partial charge on any atom is -0.327 e. The predicted molar refractivity (Wildman–Crippen MR) is 77.9 cm³/mol. The van der Waals surface area contributed by atoms with E-state index in [2.05, 4.69) is 0 Å². The van der Waals surface area contributed by atoms with E-state index in [1.54, 1.807) is 6.07 Å². The molecule has 0 heterocycles. The van der Waals surface area contributed by atoms with Crippen LogP contribution < -0.4 is 5.73 Å². The third-order valence-corrected chi connectivity index (χ3v) is 6.03. The number of hydrogen-bond acceptors (Lipinski definition) is 3. The fourth-order valence-corrected chi connectivity index (χ4v) is 4.80. The third-order valence-electron chi connectivity index (χ3n) is 4.08. The minimum atomic E-state index is -3.27. The summed E-state index contributed by atoms with van der Waals surface area (Å²) >= 11 is 0. The quantitative estimate of drug-likeness (QED) is 0.922. The average molecular weight is 281 g/mol. The molecule has 0 radical (unpaired) electrons. The molecule has 1 aromatic rings. The number of nitrogens with two attached hydrogens (primary N) is 1. The van der Waals surface area contributed by atoms with Crippen molar-refractivity contribution in [3.63, 3.8) is 0 Å². The van der Waals surface area contributed by atoms with E-state index in [-0.39, 0.29) is 11.8 Å². The normalized spacial score (nSPS) is 18.7. The van der Waals surface area contributed by atoms with Crippen molar-refractivity contribution in [2.24, 2.45) is 11.7 Å². The molecule has 1 fully saturated rings. The van der Waals surface area contributed by atoms with Crippen LogP contribution in [-0.4, -0.2) is 20.2 Å². The van der Waals surface area contributed by atoms with Gasteiger partial charge in [0.25, 0.3) is 0 Å². The first kappa shape index (κ1) is 14.5. The van der Waals surface area contributed by atoms with Crippen molar-refractivity contribution in [1.82, 2.24) is 0 Å². The van der Waals surface area contributed by atoms with Gasteiger partial charge in [-0.2, -0.15) is 0 Å². The average Bonchev–Trinajstić information content (AvgIpc) is 2.80. The second kappa shape index (κ2) is 5.63. The number of benzene rings is 1. The molecule has 1 unspecified atom stereocenters. The van der Waals surface area contributed by atoms with Crippen molar-refractivity contribution in [3.05, 3.63) is 29.3 Å². The maximum absolute atomic E-state index is 12.5. The van der Waals surface area contributed by atoms with Crippen LogP contribution in [0.4, 0.5) is 0 Å². The highest BCUT2D eigenvalue weighted by atomic mass is 32.2. The van der Waals surface area contributed by atoms with Crippen LogP contribution in [0.3, 0.4) is 0 Å². The molecule has 106 valence electrons. The molecule has 0 spiro atoms. The Morgan fingerprint density at radius 3 is 2.47 bits per heavy atom. The second-order valence-corrected chi connectivity index (χ2v) is 7.76. The zero-order chi connectivity index (χ0) is 14.0. The summed E-state index contributed by atoms with van der Waals surface area (Å²) < 4.78 is 24.9. The SMILES string of the molecule is Cc1ccc(S(=O)(=O)CC(N)C2CCCC2)c(C)c1. The van der Waals surface area contributed by atoms with Crippen molar-refractivity contribution in [1.29, 1.82) is 0 Å². The summed E-state index contributed by atoms with van der Waals surface area (Å²) in [5, 5.41) is 0. The lowest BCUT2D eigenvalue weighted by Gasteiger charge is -2.19. The molecule has 0 bridgehead atoms. The molecule has 1 aliphatic rings. The van der Waals surface area contributed by atoms with Gasteiger partial charge in [-0.25, -0.2) is 8.42 Å². The predicted octanol–water partition coefficient (Wildman–Crippen LogP) is 2.59. The molecule has 3 nitrogen and oxygen atoms in total. The lowest BCUT2D eigenvalue weighted by molar-refractivity contribution is 0.455. The van der Waals surface area contributed by atoms with E-state index < -0.39 is 9.84 Å². The molecule has 2 N–H and O–H groups in total. The highest BCUT2D eigenvalue weighted by molar-refractivity contribution is 7.91. The lowest BCUT2D eigenvalue weighted by Crippen LogP contribution is -2.36. The van der Waals surface area contributed by atoms with Gasteiger partial charge in [0.05, 0.1) is 10.6 Å². The van der Waals surface area contributed by atoms with Gasteiger partial charge in [0.1, 0.15) is 0 Å². The molecule has 0 amide bonds. The first-order chi connectivity index (χ1) is 8.90. The van der Waals surface area contributed by atoms with Gasteiger partial charge in [-0.15, -0.1) is 0 Å². The maximum atomic E-state index is 12.5. The molecule has 2 rings (SSSR count). The van der Waals surface area contributed by atoms with Crippen LogP contribution in [0.25, 0.3) is 0 Å². The number of aryl methyl sites for hydroxylation is 2. The van der Waals surface area contributed by atoms with Gasteiger partial charge >= 0.3 is 0 Å². The van der Waals surface area contributed by atoms with Gasteiger partial charge in [0.2, 0.25) is 0 Å². The Morgan fingerprint density at radius 1 is 1.26 bits per heavy atom. The number of rotatable bonds is 4.